The molecule has 0 aromatic heterocycles. The SMILES string of the molecule is Cc1ccc(C=CC(=O)Nc2ccc([N+](=O)[O-])cc2)cc1. The molecule has 0 radical (unpaired) electrons. The van der Waals surface area contributed by atoms with E-state index in [1.165, 1.54) is 30.3 Å². The van der Waals surface area contributed by atoms with Crippen molar-refractivity contribution in [3.8, 4) is 0 Å². The minimum atomic E-state index is -0.483. The molecule has 21 heavy (non-hydrogen) atoms. The zero-order chi connectivity index (χ0) is 15.2. The first kappa shape index (κ1) is 14.5. The number of carbonyl (C=O) groups is 1. The number of nitro groups is 1. The molecule has 0 aliphatic heterocycles. The summed E-state index contributed by atoms with van der Waals surface area (Å²) in [6, 6.07) is 13.5. The molecule has 106 valence electrons. The van der Waals surface area contributed by atoms with Crippen molar-refractivity contribution in [1.29, 1.82) is 0 Å². The highest BCUT2D eigenvalue weighted by molar-refractivity contribution is 6.01. The summed E-state index contributed by atoms with van der Waals surface area (Å²) in [5.41, 5.74) is 2.59. The third kappa shape index (κ3) is 4.28. The fourth-order valence-electron chi connectivity index (χ4n) is 1.70. The van der Waals surface area contributed by atoms with Crippen LogP contribution in [0.5, 0.6) is 0 Å². The summed E-state index contributed by atoms with van der Waals surface area (Å²) in [7, 11) is 0. The molecule has 0 atom stereocenters. The van der Waals surface area contributed by atoms with Gasteiger partial charge in [0.2, 0.25) is 5.91 Å². The molecule has 0 spiro atoms. The third-order valence-electron chi connectivity index (χ3n) is 2.85. The maximum atomic E-state index is 11.7. The lowest BCUT2D eigenvalue weighted by Crippen LogP contribution is -2.07. The minimum Gasteiger partial charge on any atom is -0.323 e. The van der Waals surface area contributed by atoms with Crippen molar-refractivity contribution in [2.24, 2.45) is 0 Å². The smallest absolute Gasteiger partial charge is 0.269 e. The Balaban J connectivity index is 1.98. The van der Waals surface area contributed by atoms with Gasteiger partial charge in [-0.05, 0) is 30.7 Å². The molecule has 1 N–H and O–H groups in total. The number of rotatable bonds is 4. The molecule has 2 aromatic carbocycles. The van der Waals surface area contributed by atoms with Crippen LogP contribution < -0.4 is 5.32 Å². The lowest BCUT2D eigenvalue weighted by molar-refractivity contribution is -0.384. The van der Waals surface area contributed by atoms with Gasteiger partial charge in [-0.3, -0.25) is 14.9 Å². The van der Waals surface area contributed by atoms with Gasteiger partial charge in [0.1, 0.15) is 0 Å². The molecule has 0 bridgehead atoms. The highest BCUT2D eigenvalue weighted by Crippen LogP contribution is 2.15. The standard InChI is InChI=1S/C16H14N2O3/c1-12-2-4-13(5-3-12)6-11-16(19)17-14-7-9-15(10-8-14)18(20)21/h2-11H,1H3,(H,17,19). The Kier molecular flexibility index (Phi) is 4.46. The van der Waals surface area contributed by atoms with Crippen LogP contribution in [0, 0.1) is 17.0 Å². The normalized spacial score (nSPS) is 10.5. The van der Waals surface area contributed by atoms with Gasteiger partial charge >= 0.3 is 0 Å². The van der Waals surface area contributed by atoms with Crippen molar-refractivity contribution in [3.05, 3.63) is 75.8 Å². The van der Waals surface area contributed by atoms with E-state index in [0.29, 0.717) is 5.69 Å². The number of nitro benzene ring substituents is 1. The van der Waals surface area contributed by atoms with Gasteiger partial charge in [-0.2, -0.15) is 0 Å². The van der Waals surface area contributed by atoms with Gasteiger partial charge < -0.3 is 5.32 Å². The van der Waals surface area contributed by atoms with E-state index in [1.54, 1.807) is 6.08 Å². The second-order valence-corrected chi connectivity index (χ2v) is 4.54. The van der Waals surface area contributed by atoms with Crippen molar-refractivity contribution in [1.82, 2.24) is 0 Å². The Morgan fingerprint density at radius 2 is 1.71 bits per heavy atom. The Labute approximate surface area is 122 Å². The van der Waals surface area contributed by atoms with Gasteiger partial charge in [0.25, 0.3) is 5.69 Å². The van der Waals surface area contributed by atoms with Crippen molar-refractivity contribution in [3.63, 3.8) is 0 Å². The number of hydrogen-bond acceptors (Lipinski definition) is 3. The highest BCUT2D eigenvalue weighted by Gasteiger charge is 2.04. The number of carbonyl (C=O) groups excluding carboxylic acids is 1. The van der Waals surface area contributed by atoms with Crippen LogP contribution in [0.1, 0.15) is 11.1 Å². The van der Waals surface area contributed by atoms with Gasteiger partial charge in [0, 0.05) is 23.9 Å². The highest BCUT2D eigenvalue weighted by atomic mass is 16.6. The van der Waals surface area contributed by atoms with Gasteiger partial charge in [0.15, 0.2) is 0 Å². The Hall–Kier alpha value is -2.95. The summed E-state index contributed by atoms with van der Waals surface area (Å²) in [4.78, 5) is 21.8. The number of amides is 1. The van der Waals surface area contributed by atoms with E-state index in [1.807, 2.05) is 31.2 Å². The molecule has 2 aromatic rings. The fraction of sp³-hybridized carbons (Fsp3) is 0.0625. The van der Waals surface area contributed by atoms with Gasteiger partial charge in [0.05, 0.1) is 4.92 Å². The minimum absolute atomic E-state index is 0.0109. The molecule has 0 unspecified atom stereocenters. The van der Waals surface area contributed by atoms with Crippen LogP contribution in [0.3, 0.4) is 0 Å². The van der Waals surface area contributed by atoms with Gasteiger partial charge in [-0.25, -0.2) is 0 Å². The largest absolute Gasteiger partial charge is 0.323 e. The fourth-order valence-corrected chi connectivity index (χ4v) is 1.70. The maximum absolute atomic E-state index is 11.7. The van der Waals surface area contributed by atoms with E-state index in [-0.39, 0.29) is 11.6 Å². The van der Waals surface area contributed by atoms with Crippen molar-refractivity contribution in [2.45, 2.75) is 6.92 Å². The summed E-state index contributed by atoms with van der Waals surface area (Å²) in [6.07, 6.45) is 3.13. The van der Waals surface area contributed by atoms with Crippen LogP contribution in [0.15, 0.2) is 54.6 Å². The summed E-state index contributed by atoms with van der Waals surface area (Å²) >= 11 is 0. The van der Waals surface area contributed by atoms with E-state index < -0.39 is 4.92 Å². The van der Waals surface area contributed by atoms with Crippen molar-refractivity contribution < 1.29 is 9.72 Å². The summed E-state index contributed by atoms with van der Waals surface area (Å²) < 4.78 is 0. The van der Waals surface area contributed by atoms with Crippen LogP contribution >= 0.6 is 0 Å². The first-order valence-electron chi connectivity index (χ1n) is 6.35. The number of anilines is 1. The summed E-state index contributed by atoms with van der Waals surface area (Å²) in [6.45, 7) is 1.99. The second kappa shape index (κ2) is 6.47. The van der Waals surface area contributed by atoms with E-state index in [0.717, 1.165) is 11.1 Å². The first-order valence-corrected chi connectivity index (χ1v) is 6.35. The number of hydrogen-bond donors (Lipinski definition) is 1. The van der Waals surface area contributed by atoms with E-state index in [4.69, 9.17) is 0 Å². The van der Waals surface area contributed by atoms with Crippen molar-refractivity contribution >= 4 is 23.4 Å². The molecule has 0 fully saturated rings. The monoisotopic (exact) mass is 282 g/mol. The lowest BCUT2D eigenvalue weighted by atomic mass is 10.1. The zero-order valence-electron chi connectivity index (χ0n) is 11.4. The number of non-ortho nitro benzene ring substituents is 1. The quantitative estimate of drug-likeness (QED) is 0.529. The van der Waals surface area contributed by atoms with E-state index in [9.17, 15) is 14.9 Å². The molecule has 0 saturated heterocycles. The summed E-state index contributed by atoms with van der Waals surface area (Å²) in [5, 5.41) is 13.2. The lowest BCUT2D eigenvalue weighted by Gasteiger charge is -2.01. The van der Waals surface area contributed by atoms with Crippen LogP contribution in [0.2, 0.25) is 0 Å². The molecule has 0 aliphatic carbocycles. The van der Waals surface area contributed by atoms with E-state index in [2.05, 4.69) is 5.32 Å². The van der Waals surface area contributed by atoms with E-state index >= 15 is 0 Å². The first-order chi connectivity index (χ1) is 10.0. The molecule has 2 rings (SSSR count). The molecule has 5 nitrogen and oxygen atoms in total. The number of nitrogens with one attached hydrogen (secondary N) is 1. The third-order valence-corrected chi connectivity index (χ3v) is 2.85. The summed E-state index contributed by atoms with van der Waals surface area (Å²) in [5.74, 6) is -0.288. The van der Waals surface area contributed by atoms with Crippen LogP contribution in [-0.4, -0.2) is 10.8 Å². The van der Waals surface area contributed by atoms with Gasteiger partial charge in [-0.1, -0.05) is 29.8 Å². The predicted molar refractivity (Wildman–Crippen MR) is 81.9 cm³/mol. The molecule has 0 aliphatic rings. The van der Waals surface area contributed by atoms with Crippen LogP contribution in [0.4, 0.5) is 11.4 Å². The Bertz CT molecular complexity index is 674. The van der Waals surface area contributed by atoms with Crippen LogP contribution in [0.25, 0.3) is 6.08 Å². The second-order valence-electron chi connectivity index (χ2n) is 4.54. The molecule has 0 heterocycles. The topological polar surface area (TPSA) is 72.2 Å². The molecular formula is C16H14N2O3. The molecule has 5 heteroatoms. The Morgan fingerprint density at radius 3 is 2.29 bits per heavy atom. The molecule has 0 saturated carbocycles. The predicted octanol–water partition coefficient (Wildman–Crippen LogP) is 3.56. The molecular weight excluding hydrogens is 268 g/mol. The van der Waals surface area contributed by atoms with Gasteiger partial charge in [-0.15, -0.1) is 0 Å². The zero-order valence-corrected chi connectivity index (χ0v) is 11.4. The Morgan fingerprint density at radius 1 is 1.10 bits per heavy atom. The van der Waals surface area contributed by atoms with Crippen LogP contribution in [-0.2, 0) is 4.79 Å². The number of aryl methyl sites for hydroxylation is 1. The molecule has 1 amide bonds. The average Bonchev–Trinajstić information content (AvgIpc) is 2.47. The number of benzene rings is 2. The average molecular weight is 282 g/mol. The van der Waals surface area contributed by atoms with Crippen molar-refractivity contribution in [2.75, 3.05) is 5.32 Å². The maximum Gasteiger partial charge on any atom is 0.269 e. The number of nitrogens with zero attached hydrogens (tertiary/aromatic N) is 1.